The highest BCUT2D eigenvalue weighted by Crippen LogP contribution is 2.28. The third-order valence-corrected chi connectivity index (χ3v) is 6.25. The number of aromatic nitrogens is 1. The number of aryl methyl sites for hydroxylation is 1. The number of guanidine groups is 1. The van der Waals surface area contributed by atoms with Crippen molar-refractivity contribution in [1.29, 1.82) is 0 Å². The summed E-state index contributed by atoms with van der Waals surface area (Å²) in [4.78, 5) is 12.4. The van der Waals surface area contributed by atoms with Crippen molar-refractivity contribution in [2.75, 3.05) is 46.9 Å². The number of ether oxygens (including phenoxy) is 2. The van der Waals surface area contributed by atoms with E-state index >= 15 is 0 Å². The third-order valence-electron chi connectivity index (χ3n) is 5.05. The zero-order valence-electron chi connectivity index (χ0n) is 19.9. The number of nitrogens with one attached hydrogen (secondary N) is 2. The first-order valence-corrected chi connectivity index (χ1v) is 11.8. The van der Waals surface area contributed by atoms with E-state index in [0.29, 0.717) is 13.2 Å². The number of aliphatic imine (C=N–C) groups is 1. The lowest BCUT2D eigenvalue weighted by atomic mass is 10.2. The number of rotatable bonds is 13. The topological polar surface area (TPSA) is 71.0 Å². The van der Waals surface area contributed by atoms with Crippen LogP contribution < -0.4 is 20.1 Å². The van der Waals surface area contributed by atoms with Crippen LogP contribution in [0.1, 0.15) is 36.2 Å². The van der Waals surface area contributed by atoms with Crippen LogP contribution in [0.3, 0.4) is 0 Å². The van der Waals surface area contributed by atoms with E-state index in [4.69, 9.17) is 9.47 Å². The van der Waals surface area contributed by atoms with Gasteiger partial charge in [-0.25, -0.2) is 4.98 Å². The van der Waals surface area contributed by atoms with Crippen LogP contribution in [0.2, 0.25) is 0 Å². The first-order valence-electron chi connectivity index (χ1n) is 11.0. The maximum atomic E-state index is 5.94. The molecule has 0 aliphatic carbocycles. The Labute approximate surface area is 214 Å². The average molecular weight is 576 g/mol. The Balaban J connectivity index is 0.00000512. The van der Waals surface area contributed by atoms with Gasteiger partial charge in [0.15, 0.2) is 17.5 Å². The van der Waals surface area contributed by atoms with Crippen molar-refractivity contribution >= 4 is 41.3 Å². The van der Waals surface area contributed by atoms with Crippen molar-refractivity contribution in [1.82, 2.24) is 20.5 Å². The number of hydrogen-bond acceptors (Lipinski definition) is 6. The number of methoxy groups -OCH3 is 1. The van der Waals surface area contributed by atoms with Crippen LogP contribution in [0.4, 0.5) is 0 Å². The summed E-state index contributed by atoms with van der Waals surface area (Å²) >= 11 is 1.78. The number of likely N-dealkylation sites (N-methyl/N-ethyl adjacent to an activating group) is 1. The molecule has 0 saturated heterocycles. The fraction of sp³-hybridized carbons (Fsp3) is 0.565. The Morgan fingerprint density at radius 1 is 1.16 bits per heavy atom. The predicted octanol–water partition coefficient (Wildman–Crippen LogP) is 3.96. The number of halogens is 1. The molecular formula is C23H38IN5O2S. The normalized spacial score (nSPS) is 11.2. The molecule has 0 unspecified atom stereocenters. The molecule has 1 aromatic heterocycles. The average Bonchev–Trinajstić information content (AvgIpc) is 3.27. The van der Waals surface area contributed by atoms with E-state index in [9.17, 15) is 0 Å². The van der Waals surface area contributed by atoms with Crippen LogP contribution in [0, 0.1) is 0 Å². The highest BCUT2D eigenvalue weighted by atomic mass is 127. The van der Waals surface area contributed by atoms with Crippen LogP contribution in [0.5, 0.6) is 11.5 Å². The molecule has 1 aromatic carbocycles. The molecule has 32 heavy (non-hydrogen) atoms. The Bertz CT molecular complexity index is 811. The van der Waals surface area contributed by atoms with Gasteiger partial charge in [0.25, 0.3) is 0 Å². The summed E-state index contributed by atoms with van der Waals surface area (Å²) in [6.45, 7) is 11.5. The molecule has 9 heteroatoms. The monoisotopic (exact) mass is 575 g/mol. The molecule has 2 rings (SSSR count). The van der Waals surface area contributed by atoms with Gasteiger partial charge in [0.2, 0.25) is 0 Å². The lowest BCUT2D eigenvalue weighted by molar-refractivity contribution is 0.217. The summed E-state index contributed by atoms with van der Waals surface area (Å²) in [6, 6.07) is 6.04. The first-order chi connectivity index (χ1) is 15.1. The molecule has 0 saturated carbocycles. The second-order valence-corrected chi connectivity index (χ2v) is 8.24. The van der Waals surface area contributed by atoms with Gasteiger partial charge in [0.1, 0.15) is 6.61 Å². The molecule has 0 bridgehead atoms. The zero-order chi connectivity index (χ0) is 22.5. The molecule has 0 atom stereocenters. The summed E-state index contributed by atoms with van der Waals surface area (Å²) in [5.74, 6) is 2.29. The molecule has 0 aliphatic rings. The van der Waals surface area contributed by atoms with E-state index in [1.807, 2.05) is 18.3 Å². The third kappa shape index (κ3) is 9.50. The van der Waals surface area contributed by atoms with Gasteiger partial charge in [0, 0.05) is 44.2 Å². The standard InChI is InChI=1S/C23H37N5O2S.HI/c1-6-19-17-26-22(31-19)11-12-25-23(24-4)27-16-18-9-10-20(21(15-18)29-5)30-14-13-28(7-2)8-3;/h9-10,15,17H,6-8,11-14,16H2,1-5H3,(H2,24,25,27);1H. The Kier molecular flexibility index (Phi) is 14.3. The molecule has 2 N–H and O–H groups in total. The molecule has 0 radical (unpaired) electrons. The minimum atomic E-state index is 0. The Morgan fingerprint density at radius 3 is 2.56 bits per heavy atom. The largest absolute Gasteiger partial charge is 0.493 e. The van der Waals surface area contributed by atoms with E-state index in [1.54, 1.807) is 25.5 Å². The highest BCUT2D eigenvalue weighted by Gasteiger charge is 2.08. The van der Waals surface area contributed by atoms with Crippen molar-refractivity contribution in [3.63, 3.8) is 0 Å². The van der Waals surface area contributed by atoms with Crippen LogP contribution >= 0.6 is 35.3 Å². The van der Waals surface area contributed by atoms with Gasteiger partial charge in [-0.05, 0) is 37.2 Å². The molecule has 7 nitrogen and oxygen atoms in total. The molecule has 0 fully saturated rings. The van der Waals surface area contributed by atoms with Crippen LogP contribution in [0.15, 0.2) is 29.4 Å². The fourth-order valence-corrected chi connectivity index (χ4v) is 3.95. The van der Waals surface area contributed by atoms with Gasteiger partial charge in [-0.2, -0.15) is 0 Å². The van der Waals surface area contributed by atoms with Gasteiger partial charge in [-0.15, -0.1) is 35.3 Å². The molecule has 0 spiro atoms. The van der Waals surface area contributed by atoms with E-state index in [0.717, 1.165) is 67.1 Å². The van der Waals surface area contributed by atoms with Gasteiger partial charge >= 0.3 is 0 Å². The van der Waals surface area contributed by atoms with Crippen LogP contribution in [-0.2, 0) is 19.4 Å². The molecule has 0 amide bonds. The zero-order valence-corrected chi connectivity index (χ0v) is 23.1. The van der Waals surface area contributed by atoms with Gasteiger partial charge in [0.05, 0.1) is 12.1 Å². The smallest absolute Gasteiger partial charge is 0.191 e. The van der Waals surface area contributed by atoms with Gasteiger partial charge in [-0.3, -0.25) is 4.99 Å². The van der Waals surface area contributed by atoms with E-state index in [2.05, 4.69) is 52.3 Å². The number of thiazole rings is 1. The maximum absolute atomic E-state index is 5.94. The quantitative estimate of drug-likeness (QED) is 0.214. The van der Waals surface area contributed by atoms with Crippen molar-refractivity contribution in [2.45, 2.75) is 40.2 Å². The van der Waals surface area contributed by atoms with Crippen molar-refractivity contribution in [3.05, 3.63) is 39.8 Å². The van der Waals surface area contributed by atoms with Gasteiger partial charge < -0.3 is 25.0 Å². The molecular weight excluding hydrogens is 537 g/mol. The Morgan fingerprint density at radius 2 is 1.94 bits per heavy atom. The maximum Gasteiger partial charge on any atom is 0.191 e. The molecule has 2 aromatic rings. The number of hydrogen-bond donors (Lipinski definition) is 2. The summed E-state index contributed by atoms with van der Waals surface area (Å²) in [5.41, 5.74) is 1.10. The van der Waals surface area contributed by atoms with Crippen LogP contribution in [-0.4, -0.2) is 62.8 Å². The minimum Gasteiger partial charge on any atom is -0.493 e. The van der Waals surface area contributed by atoms with E-state index in [1.165, 1.54) is 4.88 Å². The second kappa shape index (κ2) is 16.1. The van der Waals surface area contributed by atoms with Crippen molar-refractivity contribution < 1.29 is 9.47 Å². The SMILES string of the molecule is CCc1cnc(CCNC(=NC)NCc2ccc(OCCN(CC)CC)c(OC)c2)s1.I. The first kappa shape index (κ1) is 28.4. The summed E-state index contributed by atoms with van der Waals surface area (Å²) in [7, 11) is 3.45. The number of benzene rings is 1. The predicted molar refractivity (Wildman–Crippen MR) is 145 cm³/mol. The summed E-state index contributed by atoms with van der Waals surface area (Å²) in [6.07, 6.45) is 3.90. The fourth-order valence-electron chi connectivity index (χ4n) is 3.09. The number of nitrogens with zero attached hydrogens (tertiary/aromatic N) is 3. The molecule has 1 heterocycles. The van der Waals surface area contributed by atoms with Gasteiger partial charge in [-0.1, -0.05) is 26.8 Å². The van der Waals surface area contributed by atoms with Crippen LogP contribution in [0.25, 0.3) is 0 Å². The van der Waals surface area contributed by atoms with E-state index in [-0.39, 0.29) is 24.0 Å². The lowest BCUT2D eigenvalue weighted by Gasteiger charge is -2.19. The van der Waals surface area contributed by atoms with Crippen molar-refractivity contribution in [2.24, 2.45) is 4.99 Å². The summed E-state index contributed by atoms with van der Waals surface area (Å²) in [5, 5.41) is 7.85. The van der Waals surface area contributed by atoms with E-state index < -0.39 is 0 Å². The summed E-state index contributed by atoms with van der Waals surface area (Å²) < 4.78 is 11.5. The molecule has 180 valence electrons. The second-order valence-electron chi connectivity index (χ2n) is 7.04. The lowest BCUT2D eigenvalue weighted by Crippen LogP contribution is -2.37. The highest BCUT2D eigenvalue weighted by molar-refractivity contribution is 14.0. The Hall–Kier alpha value is -1.59. The van der Waals surface area contributed by atoms with Crippen molar-refractivity contribution in [3.8, 4) is 11.5 Å². The minimum absolute atomic E-state index is 0. The molecule has 0 aliphatic heterocycles.